The molecular weight excluding hydrogens is 392 g/mol. The predicted octanol–water partition coefficient (Wildman–Crippen LogP) is 8.01. The number of aromatic nitrogens is 4. The summed E-state index contributed by atoms with van der Waals surface area (Å²) in [6, 6.07) is 23.7. The third-order valence-corrected chi connectivity index (χ3v) is 3.94. The summed E-state index contributed by atoms with van der Waals surface area (Å²) >= 11 is 0. The highest BCUT2D eigenvalue weighted by atomic mass is 14.8. The van der Waals surface area contributed by atoms with Crippen LogP contribution in [-0.2, 0) is 0 Å². The summed E-state index contributed by atoms with van der Waals surface area (Å²) in [6.45, 7) is 12.0. The predicted molar refractivity (Wildman–Crippen MR) is 139 cm³/mol. The van der Waals surface area contributed by atoms with Crippen LogP contribution in [0.3, 0.4) is 0 Å². The summed E-state index contributed by atoms with van der Waals surface area (Å²) < 4.78 is 0. The van der Waals surface area contributed by atoms with Gasteiger partial charge >= 0.3 is 0 Å². The minimum atomic E-state index is 0.915. The summed E-state index contributed by atoms with van der Waals surface area (Å²) in [6.07, 6.45) is 7.14. The van der Waals surface area contributed by atoms with E-state index >= 15 is 0 Å². The molecule has 0 N–H and O–H groups in total. The summed E-state index contributed by atoms with van der Waals surface area (Å²) in [5, 5.41) is 2.28. The van der Waals surface area contributed by atoms with Gasteiger partial charge in [0.05, 0.1) is 22.4 Å². The van der Waals surface area contributed by atoms with Crippen molar-refractivity contribution < 1.29 is 0 Å². The Morgan fingerprint density at radius 3 is 1.09 bits per heavy atom. The molecule has 4 nitrogen and oxygen atoms in total. The lowest BCUT2D eigenvalue weighted by molar-refractivity contribution is 1.25. The van der Waals surface area contributed by atoms with E-state index in [0.717, 1.165) is 33.2 Å². The van der Waals surface area contributed by atoms with E-state index in [4.69, 9.17) is 0 Å². The fourth-order valence-electron chi connectivity index (χ4n) is 2.71. The zero-order valence-electron chi connectivity index (χ0n) is 20.0. The first-order valence-electron chi connectivity index (χ1n) is 11.3. The van der Waals surface area contributed by atoms with Crippen LogP contribution >= 0.6 is 0 Å². The topological polar surface area (TPSA) is 51.6 Å². The van der Waals surface area contributed by atoms with Crippen LogP contribution in [0.2, 0.25) is 0 Å². The van der Waals surface area contributed by atoms with Crippen molar-refractivity contribution in [3.05, 3.63) is 97.6 Å². The number of rotatable bonds is 1. The summed E-state index contributed by atoms with van der Waals surface area (Å²) in [5.41, 5.74) is 3.78. The van der Waals surface area contributed by atoms with E-state index in [0.29, 0.717) is 0 Å². The second-order valence-electron chi connectivity index (χ2n) is 5.65. The van der Waals surface area contributed by atoms with Gasteiger partial charge in [-0.2, -0.15) is 0 Å². The molecule has 0 saturated carbocycles. The van der Waals surface area contributed by atoms with E-state index in [1.54, 1.807) is 24.8 Å². The van der Waals surface area contributed by atoms with E-state index in [-0.39, 0.29) is 0 Å². The quantitative estimate of drug-likeness (QED) is 0.255. The molecule has 0 fully saturated rings. The van der Waals surface area contributed by atoms with Gasteiger partial charge < -0.3 is 0 Å². The first kappa shape index (κ1) is 26.4. The average Bonchev–Trinajstić information content (AvgIpc) is 2.93. The van der Waals surface area contributed by atoms with Crippen LogP contribution in [-0.4, -0.2) is 19.9 Å². The third-order valence-electron chi connectivity index (χ3n) is 3.94. The second-order valence-corrected chi connectivity index (χ2v) is 5.65. The number of hydrogen-bond acceptors (Lipinski definition) is 4. The van der Waals surface area contributed by atoms with Gasteiger partial charge in [-0.3, -0.25) is 19.9 Å². The number of fused-ring (bicyclic) bond motifs is 3. The van der Waals surface area contributed by atoms with E-state index in [9.17, 15) is 0 Å². The lowest BCUT2D eigenvalue weighted by Gasteiger charge is -2.00. The molecule has 5 rings (SSSR count). The maximum absolute atomic E-state index is 4.35. The van der Waals surface area contributed by atoms with Crippen LogP contribution in [0.4, 0.5) is 0 Å². The molecule has 4 aromatic heterocycles. The Hall–Kier alpha value is -3.66. The normalized spacial score (nSPS) is 8.94. The van der Waals surface area contributed by atoms with Gasteiger partial charge in [0, 0.05) is 35.6 Å². The highest BCUT2D eigenvalue weighted by Gasteiger charge is 2.00. The minimum absolute atomic E-state index is 0.915. The van der Waals surface area contributed by atoms with E-state index in [1.807, 2.05) is 90.1 Å². The molecule has 0 bridgehead atoms. The molecule has 0 atom stereocenters. The van der Waals surface area contributed by atoms with Crippen molar-refractivity contribution in [3.63, 3.8) is 0 Å². The molecule has 5 aromatic rings. The highest BCUT2D eigenvalue weighted by molar-refractivity contribution is 6.02. The molecule has 0 aliphatic carbocycles. The number of benzene rings is 1. The molecule has 32 heavy (non-hydrogen) atoms. The fourth-order valence-corrected chi connectivity index (χ4v) is 2.71. The zero-order valence-corrected chi connectivity index (χ0v) is 20.0. The third kappa shape index (κ3) is 7.55. The Balaban J connectivity index is 0.000000262. The van der Waals surface area contributed by atoms with Crippen LogP contribution < -0.4 is 0 Å². The summed E-state index contributed by atoms with van der Waals surface area (Å²) in [5.74, 6) is 0. The maximum atomic E-state index is 4.35. The molecule has 0 aliphatic rings. The molecule has 0 saturated heterocycles. The molecule has 4 heterocycles. The molecular formula is C28H34N4. The van der Waals surface area contributed by atoms with Crippen molar-refractivity contribution in [2.75, 3.05) is 0 Å². The van der Waals surface area contributed by atoms with Gasteiger partial charge in [0.1, 0.15) is 0 Å². The van der Waals surface area contributed by atoms with Gasteiger partial charge in [-0.25, -0.2) is 0 Å². The van der Waals surface area contributed by atoms with E-state index in [1.165, 1.54) is 0 Å². The van der Waals surface area contributed by atoms with Gasteiger partial charge in [0.15, 0.2) is 0 Å². The minimum Gasteiger partial charge on any atom is -0.255 e. The smallest absolute Gasteiger partial charge is 0.0964 e. The van der Waals surface area contributed by atoms with Gasteiger partial charge in [-0.05, 0) is 36.4 Å². The van der Waals surface area contributed by atoms with Crippen LogP contribution in [0.1, 0.15) is 41.5 Å². The van der Waals surface area contributed by atoms with Crippen LogP contribution in [0.15, 0.2) is 97.6 Å². The first-order chi connectivity index (χ1) is 15.9. The fraction of sp³-hybridized carbons (Fsp3) is 0.214. The average molecular weight is 427 g/mol. The number of hydrogen-bond donors (Lipinski definition) is 0. The lowest BCUT2D eigenvalue weighted by Crippen LogP contribution is -1.83. The van der Waals surface area contributed by atoms with Crippen molar-refractivity contribution in [3.8, 4) is 11.4 Å². The van der Waals surface area contributed by atoms with Gasteiger partial charge in [-0.15, -0.1) is 0 Å². The van der Waals surface area contributed by atoms with Crippen molar-refractivity contribution in [1.29, 1.82) is 0 Å². The van der Waals surface area contributed by atoms with Crippen molar-refractivity contribution in [2.24, 2.45) is 0 Å². The Bertz CT molecular complexity index is 1030. The second kappa shape index (κ2) is 16.1. The molecule has 0 amide bonds. The Kier molecular flexibility index (Phi) is 13.3. The zero-order chi connectivity index (χ0) is 23.6. The Labute approximate surface area is 192 Å². The van der Waals surface area contributed by atoms with Crippen molar-refractivity contribution >= 4 is 21.8 Å². The Morgan fingerprint density at radius 1 is 0.375 bits per heavy atom. The highest BCUT2D eigenvalue weighted by Crippen LogP contribution is 2.20. The monoisotopic (exact) mass is 426 g/mol. The Morgan fingerprint density at radius 2 is 0.750 bits per heavy atom. The van der Waals surface area contributed by atoms with E-state index < -0.39 is 0 Å². The van der Waals surface area contributed by atoms with E-state index in [2.05, 4.69) is 44.2 Å². The molecule has 0 radical (unpaired) electrons. The van der Waals surface area contributed by atoms with Crippen LogP contribution in [0, 0.1) is 0 Å². The SMILES string of the molecule is CC.CC.CC.c1ccc(-c2ccccn2)nc1.c1cnc2c(c1)ccc1cccnc12. The van der Waals surface area contributed by atoms with Gasteiger partial charge in [0.2, 0.25) is 0 Å². The summed E-state index contributed by atoms with van der Waals surface area (Å²) in [7, 11) is 0. The summed E-state index contributed by atoms with van der Waals surface area (Å²) in [4.78, 5) is 17.1. The standard InChI is InChI=1S/C12H8N2.C10H8N2.3C2H6/c1-3-9-5-6-10-4-2-8-14-12(10)11(9)13-7-1;1-3-7-11-9(5-1)10-6-2-4-8-12-10;3*1-2/h1-8H;1-8H;3*1-2H3. The maximum Gasteiger partial charge on any atom is 0.0964 e. The molecule has 166 valence electrons. The van der Waals surface area contributed by atoms with Crippen molar-refractivity contribution in [2.45, 2.75) is 41.5 Å². The molecule has 0 unspecified atom stereocenters. The van der Waals surface area contributed by atoms with Gasteiger partial charge in [0.25, 0.3) is 0 Å². The lowest BCUT2D eigenvalue weighted by atomic mass is 10.1. The van der Waals surface area contributed by atoms with Crippen LogP contribution in [0.25, 0.3) is 33.2 Å². The molecule has 0 aliphatic heterocycles. The largest absolute Gasteiger partial charge is 0.255 e. The molecule has 0 spiro atoms. The van der Waals surface area contributed by atoms with Gasteiger partial charge in [-0.1, -0.05) is 77.9 Å². The number of pyridine rings is 4. The van der Waals surface area contributed by atoms with Crippen molar-refractivity contribution in [1.82, 2.24) is 19.9 Å². The molecule has 1 aromatic carbocycles. The number of nitrogens with zero attached hydrogens (tertiary/aromatic N) is 4. The molecule has 4 heteroatoms. The first-order valence-corrected chi connectivity index (χ1v) is 11.3. The van der Waals surface area contributed by atoms with Crippen LogP contribution in [0.5, 0.6) is 0 Å².